The molecule has 10 heteroatoms. The Kier molecular flexibility index (Phi) is 11.7. The summed E-state index contributed by atoms with van der Waals surface area (Å²) in [5.74, 6) is -3.02. The molecular formula is C26H39N3O7. The first-order valence-corrected chi connectivity index (χ1v) is 12.3. The largest absolute Gasteiger partial charge is 0.480 e. The quantitative estimate of drug-likeness (QED) is 0.459. The van der Waals surface area contributed by atoms with E-state index in [4.69, 9.17) is 4.74 Å². The molecule has 0 aromatic heterocycles. The number of carboxylic acids is 1. The number of nitrogens with one attached hydrogen (secondary N) is 1. The third-order valence-corrected chi connectivity index (χ3v) is 5.20. The second-order valence-electron chi connectivity index (χ2n) is 9.34. The van der Waals surface area contributed by atoms with E-state index in [1.807, 2.05) is 41.5 Å². The monoisotopic (exact) mass is 505 g/mol. The number of hydrogen-bond acceptors (Lipinski definition) is 7. The van der Waals surface area contributed by atoms with Gasteiger partial charge < -0.3 is 9.84 Å². The first-order valence-electron chi connectivity index (χ1n) is 12.3. The highest BCUT2D eigenvalue weighted by Crippen LogP contribution is 2.26. The normalized spacial score (nSPS) is 17.7. The summed E-state index contributed by atoms with van der Waals surface area (Å²) in [6.07, 6.45) is 1.66. The van der Waals surface area contributed by atoms with Crippen LogP contribution in [0.15, 0.2) is 24.3 Å². The van der Waals surface area contributed by atoms with Crippen molar-refractivity contribution in [3.05, 3.63) is 35.4 Å². The van der Waals surface area contributed by atoms with Gasteiger partial charge in [-0.2, -0.15) is 0 Å². The second kappa shape index (κ2) is 13.7. The SMILES string of the molecule is CC.CC(=O)OC(C)(C)C.CC1CCCN(C(=O)CC[C@@H](C(=O)O)N2C(=O)c3ccccc3C2=O)N1. The van der Waals surface area contributed by atoms with Crippen molar-refractivity contribution >= 4 is 29.7 Å². The minimum Gasteiger partial charge on any atom is -0.480 e. The van der Waals surface area contributed by atoms with Crippen LogP contribution in [0.3, 0.4) is 0 Å². The van der Waals surface area contributed by atoms with Gasteiger partial charge in [-0.1, -0.05) is 26.0 Å². The zero-order chi connectivity index (χ0) is 27.6. The van der Waals surface area contributed by atoms with Crippen molar-refractivity contribution in [2.75, 3.05) is 6.54 Å². The van der Waals surface area contributed by atoms with Crippen molar-refractivity contribution in [1.82, 2.24) is 15.3 Å². The summed E-state index contributed by atoms with van der Waals surface area (Å²) >= 11 is 0. The third-order valence-electron chi connectivity index (χ3n) is 5.20. The summed E-state index contributed by atoms with van der Waals surface area (Å²) in [7, 11) is 0. The van der Waals surface area contributed by atoms with Gasteiger partial charge in [-0.3, -0.25) is 29.1 Å². The number of rotatable bonds is 5. The van der Waals surface area contributed by atoms with Gasteiger partial charge in [-0.15, -0.1) is 0 Å². The molecular weight excluding hydrogens is 466 g/mol. The lowest BCUT2D eigenvalue weighted by Gasteiger charge is -2.32. The highest BCUT2D eigenvalue weighted by atomic mass is 16.6. The molecule has 2 N–H and O–H groups in total. The summed E-state index contributed by atoms with van der Waals surface area (Å²) in [5.41, 5.74) is 3.12. The lowest BCUT2D eigenvalue weighted by Crippen LogP contribution is -2.52. The Morgan fingerprint density at radius 3 is 2.03 bits per heavy atom. The highest BCUT2D eigenvalue weighted by Gasteiger charge is 2.42. The van der Waals surface area contributed by atoms with E-state index in [0.717, 1.165) is 17.7 Å². The molecule has 2 aliphatic rings. The molecule has 200 valence electrons. The molecule has 1 aromatic carbocycles. The number of carbonyl (C=O) groups is 5. The van der Waals surface area contributed by atoms with Crippen LogP contribution in [0.1, 0.15) is 94.9 Å². The Morgan fingerprint density at radius 1 is 1.11 bits per heavy atom. The summed E-state index contributed by atoms with van der Waals surface area (Å²) in [6, 6.07) is 5.05. The number of ether oxygens (including phenoxy) is 1. The molecule has 0 spiro atoms. The second-order valence-corrected chi connectivity index (χ2v) is 9.34. The number of carboxylic acid groups (broad SMARTS) is 1. The minimum atomic E-state index is -1.37. The predicted octanol–water partition coefficient (Wildman–Crippen LogP) is 3.41. The molecule has 3 amide bonds. The van der Waals surface area contributed by atoms with E-state index in [-0.39, 0.29) is 47.5 Å². The van der Waals surface area contributed by atoms with Crippen LogP contribution < -0.4 is 5.43 Å². The van der Waals surface area contributed by atoms with Gasteiger partial charge in [0.25, 0.3) is 11.8 Å². The molecule has 2 heterocycles. The maximum absolute atomic E-state index is 12.5. The van der Waals surface area contributed by atoms with Gasteiger partial charge in [0.1, 0.15) is 11.6 Å². The lowest BCUT2D eigenvalue weighted by molar-refractivity contribution is -0.152. The number of fused-ring (bicyclic) bond motifs is 1. The number of nitrogens with zero attached hydrogens (tertiary/aromatic N) is 2. The number of imide groups is 1. The van der Waals surface area contributed by atoms with Crippen molar-refractivity contribution in [3.8, 4) is 0 Å². The number of amides is 3. The van der Waals surface area contributed by atoms with Gasteiger partial charge in [0.2, 0.25) is 5.91 Å². The fraction of sp³-hybridized carbons (Fsp3) is 0.577. The van der Waals surface area contributed by atoms with Gasteiger partial charge >= 0.3 is 11.9 Å². The highest BCUT2D eigenvalue weighted by molar-refractivity contribution is 6.22. The van der Waals surface area contributed by atoms with Gasteiger partial charge in [-0.25, -0.2) is 10.2 Å². The average molecular weight is 506 g/mol. The molecule has 2 atom stereocenters. The maximum Gasteiger partial charge on any atom is 0.326 e. The summed E-state index contributed by atoms with van der Waals surface area (Å²) in [4.78, 5) is 60.0. The predicted molar refractivity (Wildman–Crippen MR) is 134 cm³/mol. The molecule has 0 radical (unpaired) electrons. The third kappa shape index (κ3) is 8.75. The molecule has 3 rings (SSSR count). The van der Waals surface area contributed by atoms with Crippen LogP contribution in [0.4, 0.5) is 0 Å². The van der Waals surface area contributed by atoms with Crippen LogP contribution in [0, 0.1) is 0 Å². The van der Waals surface area contributed by atoms with Gasteiger partial charge in [0.05, 0.1) is 11.1 Å². The molecule has 1 fully saturated rings. The summed E-state index contributed by atoms with van der Waals surface area (Å²) in [6.45, 7) is 13.5. The van der Waals surface area contributed by atoms with Gasteiger partial charge in [-0.05, 0) is 59.1 Å². The van der Waals surface area contributed by atoms with Crippen molar-refractivity contribution in [3.63, 3.8) is 0 Å². The van der Waals surface area contributed by atoms with Crippen LogP contribution in [0.5, 0.6) is 0 Å². The van der Waals surface area contributed by atoms with Crippen molar-refractivity contribution in [2.24, 2.45) is 0 Å². The number of aliphatic carboxylic acids is 1. The Labute approximate surface area is 212 Å². The number of hydrogen-bond donors (Lipinski definition) is 2. The smallest absolute Gasteiger partial charge is 0.326 e. The first kappa shape index (κ1) is 30.8. The molecule has 0 bridgehead atoms. The lowest BCUT2D eigenvalue weighted by atomic mass is 10.1. The Morgan fingerprint density at radius 2 is 1.64 bits per heavy atom. The summed E-state index contributed by atoms with van der Waals surface area (Å²) < 4.78 is 4.80. The van der Waals surface area contributed by atoms with Crippen LogP contribution >= 0.6 is 0 Å². The Balaban J connectivity index is 0.000000554. The van der Waals surface area contributed by atoms with E-state index in [1.165, 1.54) is 24.1 Å². The Hall–Kier alpha value is -3.27. The average Bonchev–Trinajstić information content (AvgIpc) is 3.04. The van der Waals surface area contributed by atoms with E-state index in [2.05, 4.69) is 5.43 Å². The van der Waals surface area contributed by atoms with E-state index >= 15 is 0 Å². The molecule has 36 heavy (non-hydrogen) atoms. The zero-order valence-electron chi connectivity index (χ0n) is 22.3. The zero-order valence-corrected chi connectivity index (χ0v) is 22.3. The molecule has 1 aromatic rings. The number of hydrazine groups is 1. The van der Waals surface area contributed by atoms with Crippen molar-refractivity contribution < 1.29 is 33.8 Å². The van der Waals surface area contributed by atoms with Crippen LogP contribution in [-0.2, 0) is 19.1 Å². The van der Waals surface area contributed by atoms with E-state index in [9.17, 15) is 29.1 Å². The molecule has 10 nitrogen and oxygen atoms in total. The van der Waals surface area contributed by atoms with E-state index < -0.39 is 23.8 Å². The van der Waals surface area contributed by atoms with Gasteiger partial charge in [0.15, 0.2) is 0 Å². The number of esters is 1. The van der Waals surface area contributed by atoms with Crippen LogP contribution in [0.25, 0.3) is 0 Å². The maximum atomic E-state index is 12.5. The molecule has 1 unspecified atom stereocenters. The molecule has 1 saturated heterocycles. The minimum absolute atomic E-state index is 0.0654. The van der Waals surface area contributed by atoms with E-state index in [0.29, 0.717) is 6.54 Å². The Bertz CT molecular complexity index is 920. The fourth-order valence-electron chi connectivity index (χ4n) is 3.83. The molecule has 0 aliphatic carbocycles. The first-order chi connectivity index (χ1) is 16.8. The topological polar surface area (TPSA) is 133 Å². The summed E-state index contributed by atoms with van der Waals surface area (Å²) in [5, 5.41) is 11.0. The molecule has 2 aliphatic heterocycles. The fourth-order valence-corrected chi connectivity index (χ4v) is 3.83. The molecule has 0 saturated carbocycles. The van der Waals surface area contributed by atoms with Gasteiger partial charge in [0, 0.05) is 25.9 Å². The van der Waals surface area contributed by atoms with Crippen LogP contribution in [-0.4, -0.2) is 68.9 Å². The van der Waals surface area contributed by atoms with E-state index in [1.54, 1.807) is 12.1 Å². The van der Waals surface area contributed by atoms with Crippen molar-refractivity contribution in [1.29, 1.82) is 0 Å². The number of carbonyl (C=O) groups excluding carboxylic acids is 4. The number of benzene rings is 1. The van der Waals surface area contributed by atoms with Crippen molar-refractivity contribution in [2.45, 2.75) is 91.8 Å². The van der Waals surface area contributed by atoms with Crippen LogP contribution in [0.2, 0.25) is 0 Å². The standard InChI is InChI=1S/C18H21N3O5.C6H12O2.C2H6/c1-11-5-4-10-20(19-11)15(22)9-8-14(18(25)26)21-16(23)12-6-2-3-7-13(12)17(21)24;1-5(7)8-6(2,3)4;1-2/h2-3,6-7,11,14,19H,4-5,8-10H2,1H3,(H,25,26);1-4H3;1-2H3/t11?,14-;;/m0../s1.